The van der Waals surface area contributed by atoms with Crippen molar-refractivity contribution in [1.29, 1.82) is 0 Å². The molecule has 2 aromatic carbocycles. The van der Waals surface area contributed by atoms with Gasteiger partial charge in [0, 0.05) is 28.4 Å². The van der Waals surface area contributed by atoms with Crippen molar-refractivity contribution >= 4 is 33.1 Å². The topological polar surface area (TPSA) is 66.6 Å². The van der Waals surface area contributed by atoms with Crippen LogP contribution < -0.4 is 10.6 Å². The average Bonchev–Trinajstić information content (AvgIpc) is 2.83. The first-order chi connectivity index (χ1) is 12.0. The van der Waals surface area contributed by atoms with Crippen molar-refractivity contribution in [3.05, 3.63) is 70.3 Å². The quantitative estimate of drug-likeness (QED) is 0.802. The van der Waals surface area contributed by atoms with Crippen molar-refractivity contribution in [3.63, 3.8) is 0 Å². The molecule has 0 radical (unpaired) electrons. The van der Waals surface area contributed by atoms with E-state index in [1.54, 1.807) is 11.0 Å². The fourth-order valence-electron chi connectivity index (χ4n) is 3.30. The van der Waals surface area contributed by atoms with Crippen molar-refractivity contribution in [2.24, 2.45) is 5.73 Å². The Bertz CT molecular complexity index is 820. The Morgan fingerprint density at radius 1 is 1.28 bits per heavy atom. The van der Waals surface area contributed by atoms with E-state index in [0.717, 1.165) is 28.6 Å². The zero-order valence-corrected chi connectivity index (χ0v) is 15.7. The molecule has 3 rings (SSSR count). The molecule has 0 saturated heterocycles. The van der Waals surface area contributed by atoms with Gasteiger partial charge in [0.25, 0.3) is 5.91 Å². The molecule has 0 saturated carbocycles. The summed E-state index contributed by atoms with van der Waals surface area (Å²) in [6.07, 6.45) is 3.16. The molecule has 0 fully saturated rings. The van der Waals surface area contributed by atoms with Gasteiger partial charge < -0.3 is 15.7 Å². The van der Waals surface area contributed by atoms with Crippen LogP contribution >= 0.6 is 15.9 Å². The van der Waals surface area contributed by atoms with E-state index in [9.17, 15) is 9.90 Å². The lowest BCUT2D eigenvalue weighted by Gasteiger charge is -2.26. The minimum absolute atomic E-state index is 0.352. The number of carbonyl (C=O) groups excluding carboxylic acids is 1. The number of benzene rings is 2. The number of unbranched alkanes of at least 4 members (excludes halogenated alkanes) is 1. The summed E-state index contributed by atoms with van der Waals surface area (Å²) in [5.74, 6) is -0.352. The van der Waals surface area contributed by atoms with E-state index in [0.29, 0.717) is 17.7 Å². The molecule has 5 heteroatoms. The van der Waals surface area contributed by atoms with E-state index in [1.807, 2.05) is 42.5 Å². The highest BCUT2D eigenvalue weighted by Crippen LogP contribution is 2.48. The van der Waals surface area contributed by atoms with Gasteiger partial charge in [0.1, 0.15) is 0 Å². The Kier molecular flexibility index (Phi) is 4.97. The summed E-state index contributed by atoms with van der Waals surface area (Å²) in [4.78, 5) is 14.9. The van der Waals surface area contributed by atoms with Crippen LogP contribution in [-0.4, -0.2) is 17.6 Å². The van der Waals surface area contributed by atoms with E-state index in [1.165, 1.54) is 6.20 Å². The van der Waals surface area contributed by atoms with Gasteiger partial charge in [0.15, 0.2) is 5.60 Å². The maximum absolute atomic E-state index is 13.2. The molecule has 1 unspecified atom stereocenters. The Morgan fingerprint density at radius 3 is 2.64 bits per heavy atom. The van der Waals surface area contributed by atoms with Gasteiger partial charge >= 0.3 is 0 Å². The average molecular weight is 401 g/mol. The second-order valence-electron chi connectivity index (χ2n) is 6.13. The number of rotatable bonds is 5. The van der Waals surface area contributed by atoms with Crippen LogP contribution in [0.2, 0.25) is 0 Å². The maximum atomic E-state index is 13.2. The van der Waals surface area contributed by atoms with Crippen LogP contribution in [0.25, 0.3) is 5.57 Å². The highest BCUT2D eigenvalue weighted by atomic mass is 79.9. The summed E-state index contributed by atoms with van der Waals surface area (Å²) in [5.41, 5.74) is 6.50. The number of nitrogens with two attached hydrogens (primary N) is 1. The molecule has 3 N–H and O–H groups in total. The van der Waals surface area contributed by atoms with E-state index in [4.69, 9.17) is 5.73 Å². The number of fused-ring (bicyclic) bond motifs is 1. The molecule has 1 heterocycles. The summed E-state index contributed by atoms with van der Waals surface area (Å²) in [5, 5.41) is 11.6. The highest BCUT2D eigenvalue weighted by molar-refractivity contribution is 9.10. The summed E-state index contributed by atoms with van der Waals surface area (Å²) < 4.78 is 0.805. The summed E-state index contributed by atoms with van der Waals surface area (Å²) in [6.45, 7) is 2.64. The van der Waals surface area contributed by atoms with Crippen molar-refractivity contribution in [1.82, 2.24) is 0 Å². The third kappa shape index (κ3) is 2.87. The number of hydrogen-bond donors (Lipinski definition) is 2. The number of amides is 1. The Labute approximate surface area is 156 Å². The fraction of sp³-hybridized carbons (Fsp3) is 0.250. The predicted octanol–water partition coefficient (Wildman–Crippen LogP) is 3.78. The molecule has 0 spiro atoms. The SMILES string of the molecule is CCCCN1C(=O)C(O)(/C(=C/N)c2ccccc2)c2cc(Br)ccc21. The molecule has 25 heavy (non-hydrogen) atoms. The molecule has 1 aliphatic rings. The second kappa shape index (κ2) is 7.02. The molecule has 0 aliphatic carbocycles. The van der Waals surface area contributed by atoms with Crippen LogP contribution in [0.3, 0.4) is 0 Å². The van der Waals surface area contributed by atoms with Crippen molar-refractivity contribution < 1.29 is 9.90 Å². The van der Waals surface area contributed by atoms with E-state index >= 15 is 0 Å². The van der Waals surface area contributed by atoms with Crippen molar-refractivity contribution in [2.45, 2.75) is 25.4 Å². The van der Waals surface area contributed by atoms with Crippen molar-refractivity contribution in [2.75, 3.05) is 11.4 Å². The maximum Gasteiger partial charge on any atom is 0.268 e. The molecule has 1 amide bonds. The van der Waals surface area contributed by atoms with Gasteiger partial charge in [-0.2, -0.15) is 0 Å². The van der Waals surface area contributed by atoms with E-state index in [2.05, 4.69) is 22.9 Å². The first kappa shape index (κ1) is 17.7. The van der Waals surface area contributed by atoms with Crippen LogP contribution in [0.15, 0.2) is 59.2 Å². The lowest BCUT2D eigenvalue weighted by atomic mass is 9.83. The third-order valence-electron chi connectivity index (χ3n) is 4.57. The largest absolute Gasteiger partial charge is 0.404 e. The van der Waals surface area contributed by atoms with E-state index < -0.39 is 5.60 Å². The zero-order valence-electron chi connectivity index (χ0n) is 14.1. The number of nitrogens with zero attached hydrogens (tertiary/aromatic N) is 1. The Morgan fingerprint density at radius 2 is 2.00 bits per heavy atom. The normalized spacial score (nSPS) is 20.0. The van der Waals surface area contributed by atoms with Gasteiger partial charge in [-0.05, 0) is 30.2 Å². The number of hydrogen-bond acceptors (Lipinski definition) is 3. The first-order valence-corrected chi connectivity index (χ1v) is 9.15. The molecule has 1 atom stereocenters. The number of carbonyl (C=O) groups is 1. The summed E-state index contributed by atoms with van der Waals surface area (Å²) in [7, 11) is 0. The van der Waals surface area contributed by atoms with Crippen LogP contribution in [-0.2, 0) is 10.4 Å². The van der Waals surface area contributed by atoms with Gasteiger partial charge in [0.2, 0.25) is 0 Å². The predicted molar refractivity (Wildman–Crippen MR) is 104 cm³/mol. The van der Waals surface area contributed by atoms with Crippen LogP contribution in [0.4, 0.5) is 5.69 Å². The molecular formula is C20H21BrN2O2. The van der Waals surface area contributed by atoms with Gasteiger partial charge in [-0.25, -0.2) is 0 Å². The number of aliphatic hydroxyl groups is 1. The standard InChI is InChI=1S/C20H21BrN2O2/c1-2-3-11-23-18-10-9-15(21)12-16(18)20(25,19(23)24)17(13-22)14-7-5-4-6-8-14/h4-10,12-13,25H,2-3,11,22H2,1H3/b17-13+. The molecular weight excluding hydrogens is 380 g/mol. The Balaban J connectivity index is 2.18. The van der Waals surface area contributed by atoms with E-state index in [-0.39, 0.29) is 5.91 Å². The molecule has 0 bridgehead atoms. The smallest absolute Gasteiger partial charge is 0.268 e. The number of anilines is 1. The van der Waals surface area contributed by atoms with Crippen LogP contribution in [0.1, 0.15) is 30.9 Å². The molecule has 2 aromatic rings. The van der Waals surface area contributed by atoms with Gasteiger partial charge in [-0.1, -0.05) is 59.6 Å². The van der Waals surface area contributed by atoms with Gasteiger partial charge in [-0.15, -0.1) is 0 Å². The molecule has 1 aliphatic heterocycles. The highest BCUT2D eigenvalue weighted by Gasteiger charge is 2.52. The first-order valence-electron chi connectivity index (χ1n) is 8.36. The molecule has 0 aromatic heterocycles. The van der Waals surface area contributed by atoms with Crippen molar-refractivity contribution in [3.8, 4) is 0 Å². The fourth-order valence-corrected chi connectivity index (χ4v) is 3.66. The second-order valence-corrected chi connectivity index (χ2v) is 7.04. The summed E-state index contributed by atoms with van der Waals surface area (Å²) >= 11 is 3.44. The monoisotopic (exact) mass is 400 g/mol. The van der Waals surface area contributed by atoms with Crippen LogP contribution in [0, 0.1) is 0 Å². The third-order valence-corrected chi connectivity index (χ3v) is 5.06. The summed E-state index contributed by atoms with van der Waals surface area (Å²) in [6, 6.07) is 14.8. The molecule has 130 valence electrons. The van der Waals surface area contributed by atoms with Crippen LogP contribution in [0.5, 0.6) is 0 Å². The minimum Gasteiger partial charge on any atom is -0.404 e. The number of halogens is 1. The van der Waals surface area contributed by atoms with Gasteiger partial charge in [-0.3, -0.25) is 4.79 Å². The van der Waals surface area contributed by atoms with Gasteiger partial charge in [0.05, 0.1) is 5.69 Å². The molecule has 4 nitrogen and oxygen atoms in total. The Hall–Kier alpha value is -2.11. The lowest BCUT2D eigenvalue weighted by molar-refractivity contribution is -0.130. The zero-order chi connectivity index (χ0) is 18.0. The lowest BCUT2D eigenvalue weighted by Crippen LogP contribution is -2.41. The minimum atomic E-state index is -1.79.